The molecule has 36 heavy (non-hydrogen) atoms. The number of nitrogens with one attached hydrogen (secondary N) is 4. The van der Waals surface area contributed by atoms with E-state index >= 15 is 0 Å². The first-order valence-corrected chi connectivity index (χ1v) is 10.8. The standard InChI is InChI=1S/C23H21F3N6O4/c24-8-13-5-15(25)1-2-18(13)30-16-7-17(26)19(27-10-16)11-28-22(35)23(3-4-36-12-23)31-21(34)14-6-20(33)32-29-9-14/h1-2,5-7,9-10,30H,3-4,8,11-12H2,(H,28,35)(H,31,34)(H,32,33)/t23-/m0/s1. The molecule has 2 amide bonds. The minimum absolute atomic E-state index is 0.0364. The number of carbonyl (C=O) groups excluding carboxylic acids is 2. The van der Waals surface area contributed by atoms with Crippen LogP contribution in [0.25, 0.3) is 0 Å². The normalized spacial score (nSPS) is 17.0. The topological polar surface area (TPSA) is 138 Å². The summed E-state index contributed by atoms with van der Waals surface area (Å²) in [7, 11) is 0. The van der Waals surface area contributed by atoms with Crippen LogP contribution in [0.1, 0.15) is 28.0 Å². The molecular weight excluding hydrogens is 481 g/mol. The van der Waals surface area contributed by atoms with Crippen LogP contribution in [0.5, 0.6) is 0 Å². The first kappa shape index (κ1) is 24.9. The molecule has 1 aliphatic heterocycles. The molecule has 3 aromatic rings. The van der Waals surface area contributed by atoms with Gasteiger partial charge in [-0.25, -0.2) is 18.3 Å². The van der Waals surface area contributed by atoms with Crippen molar-refractivity contribution >= 4 is 23.2 Å². The summed E-state index contributed by atoms with van der Waals surface area (Å²) in [5, 5.41) is 13.6. The van der Waals surface area contributed by atoms with E-state index in [0.717, 1.165) is 30.5 Å². The summed E-state index contributed by atoms with van der Waals surface area (Å²) in [6.45, 7) is -1.12. The Hall–Kier alpha value is -4.26. The molecule has 4 rings (SSSR count). The molecule has 13 heteroatoms. The molecule has 10 nitrogen and oxygen atoms in total. The number of alkyl halides is 1. The summed E-state index contributed by atoms with van der Waals surface area (Å²) >= 11 is 0. The van der Waals surface area contributed by atoms with Gasteiger partial charge in [0.2, 0.25) is 5.91 Å². The van der Waals surface area contributed by atoms with Gasteiger partial charge < -0.3 is 20.7 Å². The van der Waals surface area contributed by atoms with Crippen LogP contribution in [0.15, 0.2) is 47.5 Å². The second-order valence-electron chi connectivity index (χ2n) is 8.07. The Bertz CT molecular complexity index is 1340. The number of pyridine rings is 1. The molecule has 3 heterocycles. The fourth-order valence-electron chi connectivity index (χ4n) is 3.64. The molecule has 1 aromatic carbocycles. The Kier molecular flexibility index (Phi) is 7.29. The molecule has 0 saturated carbocycles. The number of rotatable bonds is 8. The number of benzene rings is 1. The summed E-state index contributed by atoms with van der Waals surface area (Å²) in [5.41, 5.74) is -1.61. The summed E-state index contributed by atoms with van der Waals surface area (Å²) in [4.78, 5) is 41.0. The van der Waals surface area contributed by atoms with Crippen molar-refractivity contribution in [1.29, 1.82) is 0 Å². The molecule has 0 unspecified atom stereocenters. The highest BCUT2D eigenvalue weighted by Crippen LogP contribution is 2.24. The number of anilines is 2. The van der Waals surface area contributed by atoms with Crippen molar-refractivity contribution in [3.63, 3.8) is 0 Å². The van der Waals surface area contributed by atoms with Crippen molar-refractivity contribution in [3.8, 4) is 0 Å². The quantitative estimate of drug-likeness (QED) is 0.369. The monoisotopic (exact) mass is 502 g/mol. The molecule has 4 N–H and O–H groups in total. The van der Waals surface area contributed by atoms with Gasteiger partial charge in [-0.05, 0) is 18.2 Å². The van der Waals surface area contributed by atoms with E-state index in [9.17, 15) is 27.6 Å². The molecule has 0 bridgehead atoms. The van der Waals surface area contributed by atoms with Crippen LogP contribution in [-0.4, -0.2) is 45.7 Å². The lowest BCUT2D eigenvalue weighted by Gasteiger charge is -2.27. The van der Waals surface area contributed by atoms with E-state index in [1.807, 2.05) is 0 Å². The third-order valence-corrected chi connectivity index (χ3v) is 5.56. The molecule has 0 spiro atoms. The molecule has 0 aliphatic carbocycles. The number of aromatic amines is 1. The van der Waals surface area contributed by atoms with E-state index in [1.54, 1.807) is 0 Å². The number of amides is 2. The van der Waals surface area contributed by atoms with Crippen LogP contribution < -0.4 is 21.5 Å². The maximum absolute atomic E-state index is 14.7. The predicted octanol–water partition coefficient (Wildman–Crippen LogP) is 1.86. The van der Waals surface area contributed by atoms with Gasteiger partial charge in [0.1, 0.15) is 23.8 Å². The number of hydrogen-bond donors (Lipinski definition) is 4. The minimum atomic E-state index is -1.43. The van der Waals surface area contributed by atoms with Gasteiger partial charge in [0.05, 0.1) is 42.5 Å². The smallest absolute Gasteiger partial charge is 0.264 e. The van der Waals surface area contributed by atoms with E-state index in [-0.39, 0.29) is 54.4 Å². The highest BCUT2D eigenvalue weighted by molar-refractivity contribution is 5.99. The maximum atomic E-state index is 14.7. The summed E-state index contributed by atoms with van der Waals surface area (Å²) < 4.78 is 46.4. The number of carbonyl (C=O) groups is 2. The first-order chi connectivity index (χ1) is 17.3. The average Bonchev–Trinajstić information content (AvgIpc) is 3.34. The lowest BCUT2D eigenvalue weighted by molar-refractivity contribution is -0.127. The van der Waals surface area contributed by atoms with Crippen molar-refractivity contribution in [1.82, 2.24) is 25.8 Å². The zero-order valence-corrected chi connectivity index (χ0v) is 18.7. The highest BCUT2D eigenvalue weighted by Gasteiger charge is 2.44. The van der Waals surface area contributed by atoms with Crippen molar-refractivity contribution < 1.29 is 27.5 Å². The molecule has 1 saturated heterocycles. The largest absolute Gasteiger partial charge is 0.378 e. The average molecular weight is 502 g/mol. The van der Waals surface area contributed by atoms with Gasteiger partial charge in [0.15, 0.2) is 0 Å². The zero-order chi connectivity index (χ0) is 25.7. The highest BCUT2D eigenvalue weighted by atomic mass is 19.1. The second kappa shape index (κ2) is 10.6. The van der Waals surface area contributed by atoms with Crippen LogP contribution in [0.3, 0.4) is 0 Å². The summed E-state index contributed by atoms with van der Waals surface area (Å²) in [5.74, 6) is -2.66. The molecular formula is C23H21F3N6O4. The number of aromatic nitrogens is 3. The Labute approximate surface area is 202 Å². The van der Waals surface area contributed by atoms with Gasteiger partial charge in [-0.15, -0.1) is 0 Å². The van der Waals surface area contributed by atoms with Gasteiger partial charge in [-0.3, -0.25) is 19.4 Å². The number of ether oxygens (including phenoxy) is 1. The molecule has 188 valence electrons. The van der Waals surface area contributed by atoms with E-state index in [0.29, 0.717) is 0 Å². The maximum Gasteiger partial charge on any atom is 0.264 e. The Morgan fingerprint density at radius 2 is 2.00 bits per heavy atom. The molecule has 1 fully saturated rings. The van der Waals surface area contributed by atoms with Crippen LogP contribution in [-0.2, 0) is 22.8 Å². The number of hydrogen-bond acceptors (Lipinski definition) is 7. The minimum Gasteiger partial charge on any atom is -0.378 e. The predicted molar refractivity (Wildman–Crippen MR) is 121 cm³/mol. The van der Waals surface area contributed by atoms with Crippen molar-refractivity contribution in [3.05, 3.63) is 81.5 Å². The Balaban J connectivity index is 1.43. The van der Waals surface area contributed by atoms with Gasteiger partial charge in [-0.1, -0.05) is 0 Å². The number of H-pyrrole nitrogens is 1. The van der Waals surface area contributed by atoms with Crippen molar-refractivity contribution in [2.75, 3.05) is 18.5 Å². The van der Waals surface area contributed by atoms with Gasteiger partial charge in [0, 0.05) is 36.4 Å². The fraction of sp³-hybridized carbons (Fsp3) is 0.261. The zero-order valence-electron chi connectivity index (χ0n) is 18.7. The van der Waals surface area contributed by atoms with E-state index in [2.05, 4.69) is 31.1 Å². The van der Waals surface area contributed by atoms with E-state index in [4.69, 9.17) is 4.74 Å². The van der Waals surface area contributed by atoms with Crippen LogP contribution in [0, 0.1) is 11.6 Å². The summed E-state index contributed by atoms with van der Waals surface area (Å²) in [6, 6.07) is 5.65. The van der Waals surface area contributed by atoms with Gasteiger partial charge in [0.25, 0.3) is 11.5 Å². The number of halogens is 3. The third-order valence-electron chi connectivity index (χ3n) is 5.56. The molecule has 1 atom stereocenters. The van der Waals surface area contributed by atoms with Gasteiger partial charge >= 0.3 is 0 Å². The third kappa shape index (κ3) is 5.51. The van der Waals surface area contributed by atoms with E-state index < -0.39 is 41.2 Å². The second-order valence-corrected chi connectivity index (χ2v) is 8.07. The Morgan fingerprint density at radius 3 is 2.69 bits per heavy atom. The molecule has 0 radical (unpaired) electrons. The first-order valence-electron chi connectivity index (χ1n) is 10.8. The van der Waals surface area contributed by atoms with E-state index in [1.165, 1.54) is 12.3 Å². The van der Waals surface area contributed by atoms with Crippen LogP contribution in [0.4, 0.5) is 24.5 Å². The van der Waals surface area contributed by atoms with Crippen molar-refractivity contribution in [2.45, 2.75) is 25.2 Å². The lowest BCUT2D eigenvalue weighted by atomic mass is 9.96. The molecule has 1 aliphatic rings. The molecule has 2 aromatic heterocycles. The summed E-state index contributed by atoms with van der Waals surface area (Å²) in [6.07, 6.45) is 2.59. The van der Waals surface area contributed by atoms with Crippen LogP contribution >= 0.6 is 0 Å². The lowest BCUT2D eigenvalue weighted by Crippen LogP contribution is -2.59. The van der Waals surface area contributed by atoms with Gasteiger partial charge in [-0.2, -0.15) is 5.10 Å². The number of nitrogens with zero attached hydrogens (tertiary/aromatic N) is 2. The SMILES string of the molecule is O=C(N[C@@]1(C(=O)NCc2ncc(Nc3ccc(F)cc3CF)cc2F)CCOC1)c1cn[nH]c(=O)c1. The Morgan fingerprint density at radius 1 is 1.17 bits per heavy atom. The van der Waals surface area contributed by atoms with Crippen molar-refractivity contribution in [2.24, 2.45) is 0 Å². The fourth-order valence-corrected chi connectivity index (χ4v) is 3.64. The van der Waals surface area contributed by atoms with Crippen LogP contribution in [0.2, 0.25) is 0 Å².